The Hall–Kier alpha value is -3.44. The Morgan fingerprint density at radius 1 is 0.750 bits per heavy atom. The van der Waals surface area contributed by atoms with Gasteiger partial charge in [-0.25, -0.2) is 13.8 Å². The molecule has 2 aliphatic carbocycles. The van der Waals surface area contributed by atoms with Crippen molar-refractivity contribution in [3.8, 4) is 5.88 Å². The van der Waals surface area contributed by atoms with Gasteiger partial charge >= 0.3 is 51.4 Å². The smallest absolute Gasteiger partial charge is 1.00 e. The number of hydrogen-bond donors (Lipinski definition) is 1. The van der Waals surface area contributed by atoms with Gasteiger partial charge in [-0.15, -0.1) is 0 Å². The van der Waals surface area contributed by atoms with E-state index >= 15 is 0 Å². The van der Waals surface area contributed by atoms with Crippen molar-refractivity contribution in [1.29, 1.82) is 0 Å². The molecule has 1 N–H and O–H groups in total. The predicted molar refractivity (Wildman–Crippen MR) is 212 cm³/mol. The maximum Gasteiger partial charge on any atom is 1.00 e. The molecule has 0 atom stereocenters. The Morgan fingerprint density at radius 3 is 1.70 bits per heavy atom. The number of benzene rings is 2. The molecule has 2 fully saturated rings. The van der Waals surface area contributed by atoms with Crippen LogP contribution in [0.25, 0.3) is 21.8 Å². The molecule has 280 valence electrons. The Bertz CT molecular complexity index is 2710. The van der Waals surface area contributed by atoms with Gasteiger partial charge in [-0.2, -0.15) is 0 Å². The summed E-state index contributed by atoms with van der Waals surface area (Å²) in [5.74, 6) is 0.333. The minimum absolute atomic E-state index is 0. The van der Waals surface area contributed by atoms with Gasteiger partial charge in [0, 0.05) is 72.7 Å². The summed E-state index contributed by atoms with van der Waals surface area (Å²) in [6, 6.07) is 13.7. The van der Waals surface area contributed by atoms with Crippen molar-refractivity contribution < 1.29 is 75.9 Å². The summed E-state index contributed by atoms with van der Waals surface area (Å²) >= 11 is 6.52. The molecule has 2 saturated carbocycles. The first-order chi connectivity index (χ1) is 26.3. The Kier molecular flexibility index (Phi) is 10.1. The van der Waals surface area contributed by atoms with E-state index in [4.69, 9.17) is 4.74 Å². The topological polar surface area (TPSA) is 121 Å². The first-order valence-electron chi connectivity index (χ1n) is 17.7. The number of anilines is 2. The standard InChI is InChI=1S/C21H17BrFN3O2.C20H15BrFN3O2.K.H/c1-26-17-10-25-16-7-15(23)14(22)6-13(16)19(17)21(20(26)27)8-12(9-21)11-3-4-24-18(5-11)28-2;1-25-16-9-24-15-6-14(22)13(21)5-12(15)18(16)20(19(25)27)7-11(8-20)10-2-3-23-17(26)4-10;;/h3-7,10,12H,8-9H2,1-2H3;2-6,9,11H,7-8H2,1H3,(H,23,26);;/q;;+1;-1. The van der Waals surface area contributed by atoms with E-state index in [1.807, 2.05) is 18.2 Å². The van der Waals surface area contributed by atoms with Crippen LogP contribution in [0.15, 0.2) is 87.1 Å². The first kappa shape index (κ1) is 39.4. The molecule has 2 aliphatic heterocycles. The van der Waals surface area contributed by atoms with E-state index in [-0.39, 0.29) is 93.7 Å². The van der Waals surface area contributed by atoms with E-state index < -0.39 is 10.8 Å². The number of carbonyl (C=O) groups is 2. The zero-order chi connectivity index (χ0) is 38.6. The van der Waals surface area contributed by atoms with Gasteiger partial charge in [0.15, 0.2) is 0 Å². The van der Waals surface area contributed by atoms with E-state index in [0.29, 0.717) is 51.5 Å². The maximum atomic E-state index is 14.0. The average Bonchev–Trinajstić information content (AvgIpc) is 3.51. The number of likely N-dealkylation sites (N-methyl/N-ethyl adjacent to an activating group) is 2. The van der Waals surface area contributed by atoms with Crippen LogP contribution in [0.2, 0.25) is 0 Å². The van der Waals surface area contributed by atoms with Crippen molar-refractivity contribution in [1.82, 2.24) is 19.9 Å². The fourth-order valence-electron chi connectivity index (χ4n) is 9.24. The van der Waals surface area contributed by atoms with Crippen LogP contribution < -0.4 is 71.5 Å². The van der Waals surface area contributed by atoms with Crippen LogP contribution in [0.3, 0.4) is 0 Å². The maximum absolute atomic E-state index is 14.0. The monoisotopic (exact) mass is 908 g/mol. The minimum Gasteiger partial charge on any atom is -1.00 e. The Labute approximate surface area is 380 Å². The summed E-state index contributed by atoms with van der Waals surface area (Å²) in [6.45, 7) is 0. The number of H-pyrrole nitrogens is 1. The van der Waals surface area contributed by atoms with E-state index in [1.54, 1.807) is 74.0 Å². The molecular formula is C41H33Br2F2KN6O4. The van der Waals surface area contributed by atoms with E-state index in [2.05, 4.69) is 51.8 Å². The number of ether oxygens (including phenoxy) is 1. The van der Waals surface area contributed by atoms with Crippen molar-refractivity contribution in [2.45, 2.75) is 48.3 Å². The molecular weight excluding hydrogens is 877 g/mol. The van der Waals surface area contributed by atoms with E-state index in [9.17, 15) is 23.2 Å². The molecule has 2 spiro atoms. The molecule has 10 rings (SSSR count). The number of pyridine rings is 4. The number of fused-ring (bicyclic) bond motifs is 8. The molecule has 4 aromatic heterocycles. The quantitative estimate of drug-likeness (QED) is 0.247. The van der Waals surface area contributed by atoms with Gasteiger partial charge in [-0.05, 0) is 105 Å². The molecule has 6 aromatic rings. The zero-order valence-electron chi connectivity index (χ0n) is 31.8. The van der Waals surface area contributed by atoms with Crippen LogP contribution in [-0.2, 0) is 20.4 Å². The SMILES string of the molecule is CN1C(=O)C2(CC(c3cc[nH]c(=O)c3)C2)c2c1cnc1cc(F)c(Br)cc21.COc1cc(C2CC3(C2)C(=O)N(C)c2cnc4cc(F)c(Br)cc4c23)ccn1.[H-].[K+]. The van der Waals surface area contributed by atoms with Gasteiger partial charge in [0.25, 0.3) is 0 Å². The molecule has 6 heterocycles. The molecule has 0 bridgehead atoms. The number of nitrogens with one attached hydrogen (secondary N) is 1. The summed E-state index contributed by atoms with van der Waals surface area (Å²) in [5.41, 5.74) is 5.25. The van der Waals surface area contributed by atoms with Crippen LogP contribution in [0.5, 0.6) is 5.88 Å². The normalized spacial score (nSPS) is 23.1. The number of methoxy groups -OCH3 is 1. The molecule has 0 radical (unpaired) electrons. The van der Waals surface area contributed by atoms with Gasteiger partial charge in [0.05, 0.1) is 61.7 Å². The molecule has 0 saturated heterocycles. The van der Waals surface area contributed by atoms with Crippen molar-refractivity contribution in [2.24, 2.45) is 0 Å². The van der Waals surface area contributed by atoms with E-state index in [1.165, 1.54) is 12.1 Å². The molecule has 10 nitrogen and oxygen atoms in total. The number of rotatable bonds is 3. The number of amides is 2. The van der Waals surface area contributed by atoms with Gasteiger partial charge < -0.3 is 20.9 Å². The number of aromatic nitrogens is 4. The number of hydrogen-bond acceptors (Lipinski definition) is 7. The minimum atomic E-state index is -0.643. The third-order valence-corrected chi connectivity index (χ3v) is 13.2. The summed E-state index contributed by atoms with van der Waals surface area (Å²) in [6.07, 6.45) is 9.35. The zero-order valence-corrected chi connectivity index (χ0v) is 37.1. The van der Waals surface area contributed by atoms with E-state index in [0.717, 1.165) is 44.4 Å². The fraction of sp³-hybridized carbons (Fsp3) is 0.268. The molecule has 0 unspecified atom stereocenters. The van der Waals surface area contributed by atoms with Crippen LogP contribution in [0.1, 0.15) is 61.2 Å². The number of carbonyl (C=O) groups excluding carboxylic acids is 2. The molecule has 56 heavy (non-hydrogen) atoms. The Balaban J connectivity index is 0.000000168. The summed E-state index contributed by atoms with van der Waals surface area (Å²) in [7, 11) is 5.13. The summed E-state index contributed by atoms with van der Waals surface area (Å²) in [4.78, 5) is 56.9. The van der Waals surface area contributed by atoms with Crippen molar-refractivity contribution in [3.05, 3.63) is 127 Å². The number of halogens is 4. The average molecular weight is 911 g/mol. The molecule has 15 heteroatoms. The second-order valence-corrected chi connectivity index (χ2v) is 16.5. The third kappa shape index (κ3) is 5.94. The third-order valence-electron chi connectivity index (χ3n) is 12.0. The summed E-state index contributed by atoms with van der Waals surface area (Å²) in [5, 5.41) is 1.62. The summed E-state index contributed by atoms with van der Waals surface area (Å²) < 4.78 is 33.9. The predicted octanol–water partition coefficient (Wildman–Crippen LogP) is 5.06. The fourth-order valence-corrected chi connectivity index (χ4v) is 9.93. The van der Waals surface area contributed by atoms with Gasteiger partial charge in [0.1, 0.15) is 11.6 Å². The van der Waals surface area contributed by atoms with Gasteiger partial charge in [-0.3, -0.25) is 24.4 Å². The van der Waals surface area contributed by atoms with Crippen molar-refractivity contribution in [2.75, 3.05) is 31.0 Å². The number of nitrogens with zero attached hydrogens (tertiary/aromatic N) is 5. The molecule has 2 aromatic carbocycles. The molecule has 2 amide bonds. The molecule has 4 aliphatic rings. The number of aromatic amines is 1. The second-order valence-electron chi connectivity index (χ2n) is 14.8. The second kappa shape index (κ2) is 14.4. The van der Waals surface area contributed by atoms with Gasteiger partial charge in [0.2, 0.25) is 23.3 Å². The first-order valence-corrected chi connectivity index (χ1v) is 19.2. The van der Waals surface area contributed by atoms with Crippen molar-refractivity contribution >= 4 is 76.9 Å². The Morgan fingerprint density at radius 2 is 1.23 bits per heavy atom. The van der Waals surface area contributed by atoms with Crippen LogP contribution >= 0.6 is 31.9 Å². The van der Waals surface area contributed by atoms with Crippen molar-refractivity contribution in [3.63, 3.8) is 0 Å². The largest absolute Gasteiger partial charge is 1.00 e. The van der Waals surface area contributed by atoms with Crippen LogP contribution in [-0.4, -0.2) is 53.0 Å². The van der Waals surface area contributed by atoms with Gasteiger partial charge in [-0.1, -0.05) is 0 Å². The van der Waals surface area contributed by atoms with Crippen LogP contribution in [0.4, 0.5) is 20.2 Å². The van der Waals surface area contributed by atoms with Crippen LogP contribution in [0, 0.1) is 11.6 Å².